The van der Waals surface area contributed by atoms with E-state index in [2.05, 4.69) is 0 Å². The van der Waals surface area contributed by atoms with Crippen LogP contribution in [0.1, 0.15) is 88.1 Å². The van der Waals surface area contributed by atoms with Crippen molar-refractivity contribution in [3.05, 3.63) is 27.7 Å². The van der Waals surface area contributed by atoms with Crippen LogP contribution in [-0.2, 0) is 20.8 Å². The van der Waals surface area contributed by atoms with Crippen LogP contribution in [0.25, 0.3) is 0 Å². The Kier molecular flexibility index (Phi) is 9.27. The highest BCUT2D eigenvalue weighted by Crippen LogP contribution is 2.52. The van der Waals surface area contributed by atoms with Gasteiger partial charge in [-0.25, -0.2) is 23.2 Å². The molecule has 10 nitrogen and oxygen atoms in total. The summed E-state index contributed by atoms with van der Waals surface area (Å²) >= 11 is 0. The number of carbonyl (C=O) groups is 3. The van der Waals surface area contributed by atoms with Gasteiger partial charge in [-0.05, 0) is 53.4 Å². The van der Waals surface area contributed by atoms with E-state index in [0.29, 0.717) is 6.42 Å². The number of likely N-dealkylation sites (tertiary alicyclic amines) is 1. The summed E-state index contributed by atoms with van der Waals surface area (Å²) in [7, 11) is 0. The summed E-state index contributed by atoms with van der Waals surface area (Å²) in [6, 6.07) is -2.18. The summed E-state index contributed by atoms with van der Waals surface area (Å²) in [4.78, 5) is 53.3. The molecule has 0 spiro atoms. The topological polar surface area (TPSA) is 113 Å². The number of unbranched alkanes of at least 4 members (excludes halogenated alkanes) is 1. The zero-order chi connectivity index (χ0) is 29.1. The van der Waals surface area contributed by atoms with Gasteiger partial charge in [-0.2, -0.15) is 0 Å². The molecule has 1 saturated carbocycles. The second kappa shape index (κ2) is 11.9. The number of pyridine rings is 1. The van der Waals surface area contributed by atoms with Crippen LogP contribution in [-0.4, -0.2) is 70.9 Å². The number of halogens is 2. The molecule has 1 aliphatic heterocycles. The zero-order valence-electron chi connectivity index (χ0n) is 23.4. The number of ether oxygens (including phenoxy) is 4. The fraction of sp³-hybridized carbons (Fsp3) is 0.704. The fourth-order valence-electron chi connectivity index (χ4n) is 5.11. The second-order valence-electron chi connectivity index (χ2n) is 10.8. The summed E-state index contributed by atoms with van der Waals surface area (Å²) < 4.78 is 52.3. The van der Waals surface area contributed by atoms with Crippen LogP contribution < -0.4 is 10.2 Å². The zero-order valence-corrected chi connectivity index (χ0v) is 23.4. The van der Waals surface area contributed by atoms with Gasteiger partial charge in [-0.1, -0.05) is 13.3 Å². The Morgan fingerprint density at radius 1 is 1.08 bits per heavy atom. The van der Waals surface area contributed by atoms with Crippen molar-refractivity contribution in [3.8, 4) is 5.75 Å². The van der Waals surface area contributed by atoms with Crippen molar-refractivity contribution < 1.29 is 42.1 Å². The molecular formula is C27H38F2N2O8. The van der Waals surface area contributed by atoms with Gasteiger partial charge in [0.1, 0.15) is 11.2 Å². The molecule has 0 radical (unpaired) electrons. The number of carbonyl (C=O) groups excluding carboxylic acids is 3. The lowest BCUT2D eigenvalue weighted by Gasteiger charge is -2.40. The van der Waals surface area contributed by atoms with Gasteiger partial charge < -0.3 is 23.5 Å². The number of piperidine rings is 1. The maximum absolute atomic E-state index is 14.8. The van der Waals surface area contributed by atoms with E-state index in [0.717, 1.165) is 17.5 Å². The van der Waals surface area contributed by atoms with E-state index >= 15 is 0 Å². The number of alkyl halides is 2. The average molecular weight is 557 g/mol. The number of nitrogens with zero attached hydrogens (tertiary/aromatic N) is 2. The Morgan fingerprint density at radius 2 is 1.72 bits per heavy atom. The van der Waals surface area contributed by atoms with Crippen LogP contribution in [0.15, 0.2) is 11.0 Å². The minimum atomic E-state index is -3.10. The van der Waals surface area contributed by atoms with Crippen molar-refractivity contribution in [2.24, 2.45) is 5.92 Å². The lowest BCUT2D eigenvalue weighted by atomic mass is 9.96. The second-order valence-corrected chi connectivity index (χ2v) is 10.8. The van der Waals surface area contributed by atoms with E-state index in [1.165, 1.54) is 4.57 Å². The summed E-state index contributed by atoms with van der Waals surface area (Å²) in [5, 5.41) is 0. The van der Waals surface area contributed by atoms with Crippen LogP contribution in [0, 0.1) is 5.92 Å². The molecule has 2 bridgehead atoms. The first kappa shape index (κ1) is 30.4. The van der Waals surface area contributed by atoms with Crippen LogP contribution in [0.4, 0.5) is 13.6 Å². The third-order valence-corrected chi connectivity index (χ3v) is 6.72. The molecule has 1 aromatic heterocycles. The van der Waals surface area contributed by atoms with Crippen molar-refractivity contribution in [3.63, 3.8) is 0 Å². The molecule has 0 N–H and O–H groups in total. The van der Waals surface area contributed by atoms with E-state index in [9.17, 15) is 28.0 Å². The molecule has 3 atom stereocenters. The van der Waals surface area contributed by atoms with E-state index in [-0.39, 0.29) is 49.8 Å². The molecule has 2 heterocycles. The third-order valence-electron chi connectivity index (χ3n) is 6.72. The molecule has 2 aliphatic rings. The van der Waals surface area contributed by atoms with Gasteiger partial charge >= 0.3 is 18.0 Å². The van der Waals surface area contributed by atoms with Crippen LogP contribution in [0.3, 0.4) is 0 Å². The molecule has 1 saturated heterocycles. The smallest absolute Gasteiger partial charge is 0.411 e. The highest BCUT2D eigenvalue weighted by molar-refractivity contribution is 5.94. The van der Waals surface area contributed by atoms with E-state index in [1.807, 2.05) is 6.92 Å². The first-order valence-corrected chi connectivity index (χ1v) is 13.4. The quantitative estimate of drug-likeness (QED) is 0.237. The maximum atomic E-state index is 14.8. The molecule has 12 heteroatoms. The minimum absolute atomic E-state index is 0.00217. The number of hydrogen-bond donors (Lipinski definition) is 0. The van der Waals surface area contributed by atoms with Gasteiger partial charge in [0.05, 0.1) is 31.9 Å². The monoisotopic (exact) mass is 556 g/mol. The van der Waals surface area contributed by atoms with Crippen molar-refractivity contribution in [1.29, 1.82) is 0 Å². The molecule has 218 valence electrons. The van der Waals surface area contributed by atoms with Crippen molar-refractivity contribution >= 4 is 18.0 Å². The highest BCUT2D eigenvalue weighted by atomic mass is 19.3. The average Bonchev–Trinajstić information content (AvgIpc) is 3.33. The van der Waals surface area contributed by atoms with Gasteiger partial charge in [-0.15, -0.1) is 0 Å². The molecule has 1 aromatic rings. The third kappa shape index (κ3) is 6.52. The van der Waals surface area contributed by atoms with Gasteiger partial charge in [0.2, 0.25) is 5.43 Å². The molecule has 1 amide bonds. The Bertz CT molecular complexity index is 1140. The van der Waals surface area contributed by atoms with Crippen molar-refractivity contribution in [2.45, 2.75) is 97.4 Å². The predicted molar refractivity (Wildman–Crippen MR) is 136 cm³/mol. The number of aromatic nitrogens is 1. The van der Waals surface area contributed by atoms with Gasteiger partial charge in [-0.3, -0.25) is 9.69 Å². The highest BCUT2D eigenvalue weighted by Gasteiger charge is 2.63. The van der Waals surface area contributed by atoms with E-state index in [4.69, 9.17) is 18.9 Å². The molecule has 39 heavy (non-hydrogen) atoms. The number of hydrogen-bond acceptors (Lipinski definition) is 8. The molecule has 0 aromatic carbocycles. The van der Waals surface area contributed by atoms with Crippen molar-refractivity contribution in [1.82, 2.24) is 9.47 Å². The maximum Gasteiger partial charge on any atom is 0.411 e. The van der Waals surface area contributed by atoms with Crippen LogP contribution >= 0.6 is 0 Å². The van der Waals surface area contributed by atoms with E-state index < -0.39 is 59.4 Å². The largest absolute Gasteiger partial charge is 0.487 e. The Labute approximate surface area is 226 Å². The van der Waals surface area contributed by atoms with Gasteiger partial charge in [0.15, 0.2) is 11.4 Å². The Morgan fingerprint density at radius 3 is 2.31 bits per heavy atom. The summed E-state index contributed by atoms with van der Waals surface area (Å²) in [5.74, 6) is -5.90. The molecular weight excluding hydrogens is 518 g/mol. The molecule has 2 unspecified atom stereocenters. The Hall–Kier alpha value is -3.18. The summed E-state index contributed by atoms with van der Waals surface area (Å²) in [6.07, 6.45) is 1.17. The van der Waals surface area contributed by atoms with Crippen LogP contribution in [0.2, 0.25) is 0 Å². The SMILES string of the molecule is CCCCOc1c(C(=O)OCC)n(CC2[C@H]3CC(N2C(=O)OC(C)(C)C)C(F)(F)C3)cc(C(=O)OCC)c1=O. The number of esters is 2. The number of rotatable bonds is 10. The van der Waals surface area contributed by atoms with Crippen LogP contribution in [0.5, 0.6) is 5.75 Å². The first-order chi connectivity index (χ1) is 18.3. The number of amides is 1. The van der Waals surface area contributed by atoms with Crippen molar-refractivity contribution in [2.75, 3.05) is 19.8 Å². The summed E-state index contributed by atoms with van der Waals surface area (Å²) in [5.41, 5.74) is -2.41. The molecule has 3 rings (SSSR count). The normalized spacial score (nSPS) is 21.5. The molecule has 1 aliphatic carbocycles. The standard InChI is InChI=1S/C27H38F2N2O8/c1-7-10-11-38-22-20(24(34)37-9-3)30(14-17(21(22)32)23(33)36-8-2)15-18-16-12-19(27(28,29)13-16)31(18)25(35)39-26(4,5)6/h14,16,18-19H,7-13,15H2,1-6H3/t16-,18?,19?/m0/s1. The molecule has 2 fully saturated rings. The lowest BCUT2D eigenvalue weighted by molar-refractivity contribution is -0.0968. The van der Waals surface area contributed by atoms with Gasteiger partial charge in [0.25, 0.3) is 5.92 Å². The first-order valence-electron chi connectivity index (χ1n) is 13.4. The minimum Gasteiger partial charge on any atom is -0.487 e. The predicted octanol–water partition coefficient (Wildman–Crippen LogP) is 4.41. The van der Waals surface area contributed by atoms with E-state index in [1.54, 1.807) is 34.6 Å². The number of fused-ring (bicyclic) bond motifs is 2. The Balaban J connectivity index is 2.15. The fourth-order valence-corrected chi connectivity index (χ4v) is 5.11. The summed E-state index contributed by atoms with van der Waals surface area (Å²) in [6.45, 7) is 9.90. The lowest BCUT2D eigenvalue weighted by Crippen LogP contribution is -2.55. The van der Waals surface area contributed by atoms with Gasteiger partial charge in [0, 0.05) is 19.2 Å².